The third kappa shape index (κ3) is 6.47. The molecule has 1 saturated heterocycles. The van der Waals surface area contributed by atoms with Crippen LogP contribution in [0.5, 0.6) is 0 Å². The molecule has 2 fully saturated rings. The highest BCUT2D eigenvalue weighted by atomic mass is 16.5. The molecule has 25 heavy (non-hydrogen) atoms. The number of quaternary nitrogens is 1. The van der Waals surface area contributed by atoms with Gasteiger partial charge in [-0.25, -0.2) is 0 Å². The van der Waals surface area contributed by atoms with Gasteiger partial charge >= 0.3 is 5.97 Å². The van der Waals surface area contributed by atoms with Gasteiger partial charge in [0.15, 0.2) is 6.10 Å². The summed E-state index contributed by atoms with van der Waals surface area (Å²) in [5, 5.41) is 0. The van der Waals surface area contributed by atoms with Crippen molar-refractivity contribution in [1.82, 2.24) is 0 Å². The summed E-state index contributed by atoms with van der Waals surface area (Å²) in [6.07, 6.45) is 14.8. The quantitative estimate of drug-likeness (QED) is 0.372. The van der Waals surface area contributed by atoms with Crippen LogP contribution in [-0.2, 0) is 9.53 Å². The Hall–Kier alpha value is -1.35. The van der Waals surface area contributed by atoms with E-state index in [1.165, 1.54) is 12.8 Å². The maximum absolute atomic E-state index is 12.9. The van der Waals surface area contributed by atoms with Gasteiger partial charge in [0.05, 0.1) is 26.6 Å². The van der Waals surface area contributed by atoms with Gasteiger partial charge in [0, 0.05) is 6.42 Å². The number of carbonyl (C=O) groups excluding carboxylic acids is 1. The van der Waals surface area contributed by atoms with Crippen LogP contribution in [0.1, 0.15) is 52.9 Å². The number of allylic oxidation sites excluding steroid dienone is 4. The first-order chi connectivity index (χ1) is 11.4. The predicted octanol–water partition coefficient (Wildman–Crippen LogP) is 4.90. The predicted molar refractivity (Wildman–Crippen MR) is 106 cm³/mol. The van der Waals surface area contributed by atoms with Crippen molar-refractivity contribution >= 4 is 5.97 Å². The van der Waals surface area contributed by atoms with E-state index >= 15 is 0 Å². The SMILES string of the molecule is C.C=C(/C=C\C=C/CC)C(C(=O)OC1CC[N+](C)(C)C1)C1CCCC1. The fourth-order valence-corrected chi connectivity index (χ4v) is 4.00. The zero-order valence-electron chi connectivity index (χ0n) is 15.7. The second kappa shape index (κ2) is 9.96. The molecule has 0 radical (unpaired) electrons. The standard InChI is InChI=1S/C21H34NO2.CH4/c1-5-6-7-8-11-17(2)20(18-12-9-10-13-18)21(23)24-19-14-15-22(3,4)16-19;/h6-8,11,18-20H,2,5,9-10,12-16H2,1,3-4H3;1H4/q+1;/b7-6-,11-8-;. The topological polar surface area (TPSA) is 26.3 Å². The molecule has 2 rings (SSSR count). The van der Waals surface area contributed by atoms with E-state index in [4.69, 9.17) is 4.74 Å². The summed E-state index contributed by atoms with van der Waals surface area (Å²) in [4.78, 5) is 12.9. The summed E-state index contributed by atoms with van der Waals surface area (Å²) in [5.74, 6) is 0.173. The zero-order valence-corrected chi connectivity index (χ0v) is 15.7. The van der Waals surface area contributed by atoms with Crippen LogP contribution in [0.25, 0.3) is 0 Å². The Morgan fingerprint density at radius 1 is 1.24 bits per heavy atom. The van der Waals surface area contributed by atoms with Crippen LogP contribution in [0.3, 0.4) is 0 Å². The molecule has 2 atom stereocenters. The molecule has 0 N–H and O–H groups in total. The van der Waals surface area contributed by atoms with Crippen molar-refractivity contribution in [3.8, 4) is 0 Å². The van der Waals surface area contributed by atoms with Gasteiger partial charge in [-0.05, 0) is 30.8 Å². The molecular weight excluding hydrogens is 310 g/mol. The second-order valence-corrected chi connectivity index (χ2v) is 7.98. The van der Waals surface area contributed by atoms with Crippen molar-refractivity contribution < 1.29 is 14.0 Å². The van der Waals surface area contributed by atoms with Gasteiger partial charge < -0.3 is 9.22 Å². The van der Waals surface area contributed by atoms with Crippen molar-refractivity contribution in [3.05, 3.63) is 36.5 Å². The highest BCUT2D eigenvalue weighted by Crippen LogP contribution is 2.36. The molecule has 0 aromatic rings. The lowest BCUT2D eigenvalue weighted by Crippen LogP contribution is -2.38. The highest BCUT2D eigenvalue weighted by Gasteiger charge is 2.38. The van der Waals surface area contributed by atoms with Crippen LogP contribution >= 0.6 is 0 Å². The average Bonchev–Trinajstić information content (AvgIpc) is 3.14. The highest BCUT2D eigenvalue weighted by molar-refractivity contribution is 5.77. The minimum absolute atomic E-state index is 0. The number of ether oxygens (including phenoxy) is 1. The lowest BCUT2D eigenvalue weighted by molar-refractivity contribution is -0.879. The summed E-state index contributed by atoms with van der Waals surface area (Å²) in [6, 6.07) is 0. The third-order valence-corrected chi connectivity index (χ3v) is 5.35. The first-order valence-electron chi connectivity index (χ1n) is 9.47. The number of likely N-dealkylation sites (tertiary alicyclic amines) is 1. The molecule has 2 unspecified atom stereocenters. The van der Waals surface area contributed by atoms with Crippen LogP contribution in [-0.4, -0.2) is 43.7 Å². The van der Waals surface area contributed by atoms with Gasteiger partial charge in [-0.1, -0.05) is 58.1 Å². The van der Waals surface area contributed by atoms with E-state index in [-0.39, 0.29) is 25.4 Å². The summed E-state index contributed by atoms with van der Waals surface area (Å²) in [7, 11) is 4.40. The number of hydrogen-bond acceptors (Lipinski definition) is 2. The number of rotatable bonds is 7. The zero-order chi connectivity index (χ0) is 17.6. The lowest BCUT2D eigenvalue weighted by atomic mass is 9.85. The number of nitrogens with zero attached hydrogens (tertiary/aromatic N) is 1. The Bertz CT molecular complexity index is 498. The van der Waals surface area contributed by atoms with Crippen LogP contribution in [0.15, 0.2) is 36.5 Å². The molecule has 1 saturated carbocycles. The van der Waals surface area contributed by atoms with E-state index in [0.29, 0.717) is 5.92 Å². The molecule has 1 heterocycles. The molecule has 1 aliphatic carbocycles. The number of carbonyl (C=O) groups is 1. The van der Waals surface area contributed by atoms with Crippen LogP contribution < -0.4 is 0 Å². The smallest absolute Gasteiger partial charge is 0.314 e. The lowest BCUT2D eigenvalue weighted by Gasteiger charge is -2.25. The monoisotopic (exact) mass is 348 g/mol. The van der Waals surface area contributed by atoms with Gasteiger partial charge in [0.1, 0.15) is 6.54 Å². The van der Waals surface area contributed by atoms with E-state index in [2.05, 4.69) is 33.7 Å². The molecule has 2 aliphatic rings. The van der Waals surface area contributed by atoms with Crippen molar-refractivity contribution in [1.29, 1.82) is 0 Å². The van der Waals surface area contributed by atoms with E-state index in [9.17, 15) is 4.79 Å². The van der Waals surface area contributed by atoms with Crippen molar-refractivity contribution in [3.63, 3.8) is 0 Å². The van der Waals surface area contributed by atoms with Gasteiger partial charge in [0.2, 0.25) is 0 Å². The molecule has 0 bridgehead atoms. The summed E-state index contributed by atoms with van der Waals surface area (Å²) >= 11 is 0. The molecule has 142 valence electrons. The Morgan fingerprint density at radius 2 is 1.92 bits per heavy atom. The van der Waals surface area contributed by atoms with Crippen molar-refractivity contribution in [2.45, 2.75) is 59.0 Å². The van der Waals surface area contributed by atoms with Gasteiger partial charge in [0.25, 0.3) is 0 Å². The Balaban J connectivity index is 0.00000312. The molecule has 3 heteroatoms. The minimum Gasteiger partial charge on any atom is -0.456 e. The Morgan fingerprint density at radius 3 is 2.48 bits per heavy atom. The normalized spacial score (nSPS) is 24.5. The first kappa shape index (κ1) is 21.7. The molecular formula is C22H38NO2+. The summed E-state index contributed by atoms with van der Waals surface area (Å²) in [6.45, 7) is 8.31. The summed E-state index contributed by atoms with van der Waals surface area (Å²) in [5.41, 5.74) is 0.902. The van der Waals surface area contributed by atoms with Crippen molar-refractivity contribution in [2.75, 3.05) is 27.2 Å². The third-order valence-electron chi connectivity index (χ3n) is 5.35. The van der Waals surface area contributed by atoms with E-state index in [1.807, 2.05) is 18.2 Å². The number of hydrogen-bond donors (Lipinski definition) is 0. The summed E-state index contributed by atoms with van der Waals surface area (Å²) < 4.78 is 6.84. The van der Waals surface area contributed by atoms with Crippen molar-refractivity contribution in [2.24, 2.45) is 11.8 Å². The molecule has 3 nitrogen and oxygen atoms in total. The Labute approximate surface area is 155 Å². The largest absolute Gasteiger partial charge is 0.456 e. The number of likely N-dealkylation sites (N-methyl/N-ethyl adjacent to an activating group) is 1. The maximum atomic E-state index is 12.9. The molecule has 0 aromatic carbocycles. The van der Waals surface area contributed by atoms with Crippen LogP contribution in [0, 0.1) is 11.8 Å². The van der Waals surface area contributed by atoms with E-state index < -0.39 is 0 Å². The minimum atomic E-state index is -0.171. The molecule has 1 aliphatic heterocycles. The molecule has 0 spiro atoms. The fraction of sp³-hybridized carbons (Fsp3) is 0.682. The van der Waals surface area contributed by atoms with Gasteiger partial charge in [-0.2, -0.15) is 0 Å². The average molecular weight is 349 g/mol. The molecule has 0 aromatic heterocycles. The van der Waals surface area contributed by atoms with Crippen LogP contribution in [0.4, 0.5) is 0 Å². The van der Waals surface area contributed by atoms with Crippen LogP contribution in [0.2, 0.25) is 0 Å². The van der Waals surface area contributed by atoms with E-state index in [0.717, 1.165) is 48.8 Å². The number of esters is 1. The fourth-order valence-electron chi connectivity index (χ4n) is 4.00. The second-order valence-electron chi connectivity index (χ2n) is 7.98. The Kier molecular flexibility index (Phi) is 8.64. The van der Waals surface area contributed by atoms with E-state index in [1.54, 1.807) is 0 Å². The van der Waals surface area contributed by atoms with Gasteiger partial charge in [-0.15, -0.1) is 0 Å². The first-order valence-corrected chi connectivity index (χ1v) is 9.47. The van der Waals surface area contributed by atoms with Gasteiger partial charge in [-0.3, -0.25) is 4.79 Å². The molecule has 0 amide bonds. The maximum Gasteiger partial charge on any atom is 0.314 e.